The standard InChI is InChI=1S/C22H27BN2O2S.C14H11BrN2O2S.C7H5BrN2.B/c1-16-6-8-17(9-7-16)28(26,27)25-13-11-18-19(10-12-24-20(18)25)23-14-21(2,3)22(4,5)15-23;1-10-2-4-11(5-3-10)20(18,19)17-9-7-12-13(15)6-8-16-14(12)17;8-6-2-4-10-7-5(6)1-3-9-7;/h6-13H,14-15H2,1-5H3;2-9H,1H3;1-4H,(H,9,10);. The topological polar surface area (TPSA) is 133 Å². The molecule has 6 aromatic heterocycles. The molecule has 1 N–H and O–H groups in total. The highest BCUT2D eigenvalue weighted by Gasteiger charge is 2.48. The predicted octanol–water partition coefficient (Wildman–Crippen LogP) is 9.64. The Morgan fingerprint density at radius 1 is 0.593 bits per heavy atom. The molecule has 1 fully saturated rings. The van der Waals surface area contributed by atoms with Crippen LogP contribution in [0.5, 0.6) is 0 Å². The van der Waals surface area contributed by atoms with Crippen LogP contribution < -0.4 is 5.46 Å². The van der Waals surface area contributed by atoms with Crippen molar-refractivity contribution in [2.75, 3.05) is 0 Å². The largest absolute Gasteiger partial charge is 0.346 e. The van der Waals surface area contributed by atoms with E-state index in [0.29, 0.717) is 18.0 Å². The lowest BCUT2D eigenvalue weighted by Gasteiger charge is -2.35. The second-order valence-corrected chi connectivity index (χ2v) is 21.3. The number of nitrogens with one attached hydrogen (secondary N) is 1. The molecule has 0 spiro atoms. The Hall–Kier alpha value is -4.50. The monoisotopic (exact) mass is 951 g/mol. The van der Waals surface area contributed by atoms with Crippen molar-refractivity contribution in [3.05, 3.63) is 142 Å². The summed E-state index contributed by atoms with van der Waals surface area (Å²) in [6, 6.07) is 25.1. The Kier molecular flexibility index (Phi) is 12.6. The van der Waals surface area contributed by atoms with Gasteiger partial charge in [0.2, 0.25) is 0 Å². The van der Waals surface area contributed by atoms with E-state index in [0.717, 1.165) is 54.5 Å². The average molecular weight is 953 g/mol. The van der Waals surface area contributed by atoms with Crippen LogP contribution in [0.15, 0.2) is 141 Å². The minimum Gasteiger partial charge on any atom is -0.346 e. The first-order valence-corrected chi connectivity index (χ1v) is 23.2. The summed E-state index contributed by atoms with van der Waals surface area (Å²) in [6.07, 6.45) is 12.3. The van der Waals surface area contributed by atoms with Crippen molar-refractivity contribution in [1.29, 1.82) is 0 Å². The molecule has 0 atom stereocenters. The molecule has 0 bridgehead atoms. The molecular weight excluding hydrogens is 910 g/mol. The molecule has 7 heterocycles. The summed E-state index contributed by atoms with van der Waals surface area (Å²) in [6.45, 7) is 13.6. The number of hydrogen-bond donors (Lipinski definition) is 1. The predicted molar refractivity (Wildman–Crippen MR) is 247 cm³/mol. The molecule has 2 aromatic carbocycles. The van der Waals surface area contributed by atoms with Crippen LogP contribution in [0, 0.1) is 24.7 Å². The molecule has 301 valence electrons. The first-order chi connectivity index (χ1) is 27.4. The van der Waals surface area contributed by atoms with E-state index in [2.05, 4.69) is 85.6 Å². The van der Waals surface area contributed by atoms with Crippen LogP contribution in [0.25, 0.3) is 33.1 Å². The van der Waals surface area contributed by atoms with Crippen molar-refractivity contribution >= 4 is 106 Å². The first kappa shape index (κ1) is 44.1. The fourth-order valence-corrected chi connectivity index (χ4v) is 10.9. The van der Waals surface area contributed by atoms with E-state index < -0.39 is 20.0 Å². The molecule has 0 saturated carbocycles. The second-order valence-electron chi connectivity index (χ2n) is 15.9. The van der Waals surface area contributed by atoms with E-state index in [1.165, 1.54) is 19.6 Å². The molecule has 0 aliphatic carbocycles. The minimum atomic E-state index is -3.67. The molecular formula is C43H43B2Br2N6O4S2. The lowest BCUT2D eigenvalue weighted by Crippen LogP contribution is -2.29. The minimum absolute atomic E-state index is 0. The number of H-pyrrole nitrogens is 1. The van der Waals surface area contributed by atoms with Gasteiger partial charge in [-0.3, -0.25) is 0 Å². The van der Waals surface area contributed by atoms with Gasteiger partial charge < -0.3 is 4.98 Å². The summed E-state index contributed by atoms with van der Waals surface area (Å²) in [5, 5.41) is 2.84. The second kappa shape index (κ2) is 16.9. The molecule has 0 unspecified atom stereocenters. The Balaban J connectivity index is 0.000000164. The molecule has 1 saturated heterocycles. The van der Waals surface area contributed by atoms with E-state index >= 15 is 0 Å². The van der Waals surface area contributed by atoms with Crippen LogP contribution in [-0.2, 0) is 20.0 Å². The average Bonchev–Trinajstić information content (AvgIpc) is 3.98. The number of aromatic amines is 1. The Morgan fingerprint density at radius 2 is 1.03 bits per heavy atom. The summed E-state index contributed by atoms with van der Waals surface area (Å²) in [5.41, 5.74) is 5.59. The van der Waals surface area contributed by atoms with Gasteiger partial charge in [0.25, 0.3) is 20.0 Å². The van der Waals surface area contributed by atoms with Gasteiger partial charge in [0.15, 0.2) is 18.0 Å². The Bertz CT molecular complexity index is 2990. The highest BCUT2D eigenvalue weighted by molar-refractivity contribution is 9.11. The van der Waals surface area contributed by atoms with Crippen LogP contribution in [0.2, 0.25) is 12.6 Å². The van der Waals surface area contributed by atoms with Crippen LogP contribution >= 0.6 is 31.9 Å². The van der Waals surface area contributed by atoms with Crippen molar-refractivity contribution in [1.82, 2.24) is 27.9 Å². The quantitative estimate of drug-likeness (QED) is 0.170. The van der Waals surface area contributed by atoms with Crippen molar-refractivity contribution < 1.29 is 16.8 Å². The summed E-state index contributed by atoms with van der Waals surface area (Å²) in [4.78, 5) is 16.3. The lowest BCUT2D eigenvalue weighted by atomic mass is 9.42. The van der Waals surface area contributed by atoms with Gasteiger partial charge in [-0.05, 0) is 117 Å². The Morgan fingerprint density at radius 3 is 1.54 bits per heavy atom. The van der Waals surface area contributed by atoms with Crippen molar-refractivity contribution in [2.24, 2.45) is 10.8 Å². The number of fused-ring (bicyclic) bond motifs is 3. The van der Waals surface area contributed by atoms with Gasteiger partial charge in [-0.25, -0.2) is 39.7 Å². The van der Waals surface area contributed by atoms with Gasteiger partial charge in [-0.1, -0.05) is 81.2 Å². The maximum atomic E-state index is 13.2. The number of nitrogens with zero attached hydrogens (tertiary/aromatic N) is 5. The third kappa shape index (κ3) is 8.59. The molecule has 8 aromatic rings. The van der Waals surface area contributed by atoms with Crippen LogP contribution in [0.3, 0.4) is 0 Å². The van der Waals surface area contributed by atoms with Crippen molar-refractivity contribution in [3.63, 3.8) is 0 Å². The number of pyridine rings is 3. The number of hydrogen-bond acceptors (Lipinski definition) is 7. The fraction of sp³-hybridized carbons (Fsp3) is 0.233. The highest BCUT2D eigenvalue weighted by atomic mass is 79.9. The summed E-state index contributed by atoms with van der Waals surface area (Å²) in [5.74, 6) is 0. The molecule has 10 nitrogen and oxygen atoms in total. The zero-order chi connectivity index (χ0) is 41.6. The van der Waals surface area contributed by atoms with E-state index in [1.807, 2.05) is 50.4 Å². The fourth-order valence-electron chi connectivity index (χ4n) is 7.41. The SMILES string of the molecule is Brc1ccnc2[nH]ccc12.Cc1ccc(S(=O)(=O)n2ccc3c(B4CC(C)(C)C(C)(C)C4)ccnc32)cc1.Cc1ccc(S(=O)(=O)n2ccc3c(Br)ccnc32)cc1.[B]. The third-order valence-corrected chi connectivity index (χ3v) is 16.2. The number of rotatable bonds is 5. The zero-order valence-corrected chi connectivity index (χ0v) is 38.4. The Labute approximate surface area is 364 Å². The van der Waals surface area contributed by atoms with E-state index in [4.69, 9.17) is 0 Å². The van der Waals surface area contributed by atoms with Gasteiger partial charge in [0.05, 0.1) is 9.79 Å². The summed E-state index contributed by atoms with van der Waals surface area (Å²) >= 11 is 6.81. The van der Waals surface area contributed by atoms with Gasteiger partial charge in [0, 0.05) is 70.7 Å². The molecule has 9 rings (SSSR count). The zero-order valence-electron chi connectivity index (χ0n) is 33.6. The summed E-state index contributed by atoms with van der Waals surface area (Å²) < 4.78 is 56.1. The number of benzene rings is 2. The van der Waals surface area contributed by atoms with Gasteiger partial charge in [-0.15, -0.1) is 0 Å². The smallest absolute Gasteiger partial charge is 0.269 e. The molecule has 59 heavy (non-hydrogen) atoms. The maximum absolute atomic E-state index is 13.2. The normalized spacial score (nSPS) is 14.7. The number of aryl methyl sites for hydroxylation is 2. The number of aromatic nitrogens is 6. The van der Waals surface area contributed by atoms with E-state index in [1.54, 1.807) is 73.3 Å². The number of halogens is 2. The van der Waals surface area contributed by atoms with Crippen LogP contribution in [0.1, 0.15) is 38.8 Å². The maximum Gasteiger partial charge on any atom is 0.269 e. The summed E-state index contributed by atoms with van der Waals surface area (Å²) in [7, 11) is -7.29. The van der Waals surface area contributed by atoms with E-state index in [9.17, 15) is 16.8 Å². The van der Waals surface area contributed by atoms with Crippen LogP contribution in [-0.4, -0.2) is 59.8 Å². The molecule has 16 heteroatoms. The van der Waals surface area contributed by atoms with Gasteiger partial charge in [-0.2, -0.15) is 0 Å². The van der Waals surface area contributed by atoms with Crippen molar-refractivity contribution in [2.45, 2.75) is 64.0 Å². The van der Waals surface area contributed by atoms with E-state index in [-0.39, 0.29) is 29.0 Å². The van der Waals surface area contributed by atoms with Crippen molar-refractivity contribution in [3.8, 4) is 0 Å². The van der Waals surface area contributed by atoms with Crippen LogP contribution in [0.4, 0.5) is 0 Å². The molecule has 3 radical (unpaired) electrons. The lowest BCUT2D eigenvalue weighted by molar-refractivity contribution is 0.177. The third-order valence-electron chi connectivity index (χ3n) is 11.4. The first-order valence-electron chi connectivity index (χ1n) is 18.7. The molecule has 0 amide bonds. The van der Waals surface area contributed by atoms with Gasteiger partial charge >= 0.3 is 0 Å². The molecule has 1 aliphatic heterocycles. The van der Waals surface area contributed by atoms with Gasteiger partial charge in [0.1, 0.15) is 5.65 Å². The molecule has 1 aliphatic rings. The highest BCUT2D eigenvalue weighted by Crippen LogP contribution is 2.52.